The number of para-hydroxylation sites is 2. The summed E-state index contributed by atoms with van der Waals surface area (Å²) in [5.74, 6) is -1.07. The molecular weight excluding hydrogens is 470 g/mol. The van der Waals surface area contributed by atoms with Gasteiger partial charge in [-0.3, -0.25) is 14.5 Å². The average molecular weight is 494 g/mol. The average Bonchev–Trinajstić information content (AvgIpc) is 3.28. The molecule has 2 amide bonds. The first-order chi connectivity index (χ1) is 16.4. The zero-order chi connectivity index (χ0) is 24.2. The second-order valence-electron chi connectivity index (χ2n) is 7.58. The Kier molecular flexibility index (Phi) is 7.14. The van der Waals surface area contributed by atoms with E-state index in [4.69, 9.17) is 4.74 Å². The summed E-state index contributed by atoms with van der Waals surface area (Å²) in [5, 5.41) is 3.11. The number of hydrogen-bond donors (Lipinski definition) is 1. The minimum absolute atomic E-state index is 0.0583. The minimum atomic E-state index is -0.647. The lowest BCUT2D eigenvalue weighted by Crippen LogP contribution is -2.33. The number of thioether (sulfide) groups is 1. The zero-order valence-electron chi connectivity index (χ0n) is 18.9. The van der Waals surface area contributed by atoms with Gasteiger partial charge in [-0.05, 0) is 43.7 Å². The molecular formula is C25H23N3O4S2. The van der Waals surface area contributed by atoms with Crippen molar-refractivity contribution < 1.29 is 19.1 Å². The van der Waals surface area contributed by atoms with Gasteiger partial charge in [0.05, 0.1) is 24.0 Å². The normalized spacial score (nSPS) is 16.7. The number of benzene rings is 2. The molecule has 0 saturated carbocycles. The molecule has 0 aliphatic carbocycles. The summed E-state index contributed by atoms with van der Waals surface area (Å²) in [6.07, 6.45) is -0.0583. The van der Waals surface area contributed by atoms with Crippen molar-refractivity contribution in [3.63, 3.8) is 0 Å². The summed E-state index contributed by atoms with van der Waals surface area (Å²) in [6.45, 7) is 3.69. The maximum atomic E-state index is 13.3. The van der Waals surface area contributed by atoms with Crippen LogP contribution in [-0.4, -0.2) is 35.3 Å². The van der Waals surface area contributed by atoms with Gasteiger partial charge in [0.15, 0.2) is 5.17 Å². The van der Waals surface area contributed by atoms with Crippen LogP contribution in [0.1, 0.15) is 27.2 Å². The van der Waals surface area contributed by atoms with E-state index in [0.717, 1.165) is 16.1 Å². The van der Waals surface area contributed by atoms with E-state index in [9.17, 15) is 14.4 Å². The highest BCUT2D eigenvalue weighted by Gasteiger charge is 2.40. The number of amides is 2. The van der Waals surface area contributed by atoms with E-state index in [-0.39, 0.29) is 18.2 Å². The van der Waals surface area contributed by atoms with E-state index < -0.39 is 11.2 Å². The molecule has 1 saturated heterocycles. The van der Waals surface area contributed by atoms with Gasteiger partial charge in [-0.1, -0.05) is 48.2 Å². The Morgan fingerprint density at radius 2 is 1.71 bits per heavy atom. The van der Waals surface area contributed by atoms with Crippen LogP contribution in [0.15, 0.2) is 65.7 Å². The second-order valence-corrected chi connectivity index (χ2v) is 9.97. The number of nitrogens with one attached hydrogen (secondary N) is 1. The maximum absolute atomic E-state index is 13.3. The Balaban J connectivity index is 1.58. The second kappa shape index (κ2) is 10.2. The van der Waals surface area contributed by atoms with Crippen molar-refractivity contribution in [1.29, 1.82) is 0 Å². The summed E-state index contributed by atoms with van der Waals surface area (Å²) in [7, 11) is 1.31. The Morgan fingerprint density at radius 1 is 1.06 bits per heavy atom. The predicted octanol–water partition coefficient (Wildman–Crippen LogP) is 5.32. The van der Waals surface area contributed by atoms with Crippen molar-refractivity contribution in [1.82, 2.24) is 0 Å². The molecule has 174 valence electrons. The molecule has 7 nitrogen and oxygen atoms in total. The number of amidine groups is 1. The molecule has 1 atom stereocenters. The largest absolute Gasteiger partial charge is 0.465 e. The molecule has 1 fully saturated rings. The molecule has 0 bridgehead atoms. The number of methoxy groups -OCH3 is 1. The fraction of sp³-hybridized carbons (Fsp3) is 0.200. The van der Waals surface area contributed by atoms with E-state index in [1.165, 1.54) is 30.2 Å². The van der Waals surface area contributed by atoms with Crippen molar-refractivity contribution in [3.8, 4) is 0 Å². The van der Waals surface area contributed by atoms with Crippen LogP contribution in [0.25, 0.3) is 0 Å². The van der Waals surface area contributed by atoms with Gasteiger partial charge in [0, 0.05) is 11.3 Å². The highest BCUT2D eigenvalue weighted by atomic mass is 32.2. The number of aliphatic imine (C=N–C) groups is 1. The van der Waals surface area contributed by atoms with Crippen LogP contribution >= 0.6 is 23.1 Å². The number of hydrogen-bond acceptors (Lipinski definition) is 7. The maximum Gasteiger partial charge on any atom is 0.341 e. The fourth-order valence-electron chi connectivity index (χ4n) is 3.51. The van der Waals surface area contributed by atoms with Crippen LogP contribution in [0.5, 0.6) is 0 Å². The zero-order valence-corrected chi connectivity index (χ0v) is 20.5. The topological polar surface area (TPSA) is 88.1 Å². The molecule has 1 aliphatic rings. The number of thiophene rings is 1. The van der Waals surface area contributed by atoms with Crippen LogP contribution in [0.2, 0.25) is 0 Å². The summed E-state index contributed by atoms with van der Waals surface area (Å²) in [6, 6.07) is 18.6. The van der Waals surface area contributed by atoms with Crippen molar-refractivity contribution in [2.24, 2.45) is 4.99 Å². The summed E-state index contributed by atoms with van der Waals surface area (Å²) in [4.78, 5) is 45.6. The Hall–Kier alpha value is -3.43. The quantitative estimate of drug-likeness (QED) is 0.470. The van der Waals surface area contributed by atoms with Gasteiger partial charge >= 0.3 is 5.97 Å². The molecule has 34 heavy (non-hydrogen) atoms. The Labute approximate surface area is 205 Å². The molecule has 0 spiro atoms. The van der Waals surface area contributed by atoms with Crippen molar-refractivity contribution in [3.05, 3.63) is 76.7 Å². The molecule has 1 aromatic heterocycles. The lowest BCUT2D eigenvalue weighted by atomic mass is 10.1. The first-order valence-corrected chi connectivity index (χ1v) is 12.3. The monoisotopic (exact) mass is 493 g/mol. The van der Waals surface area contributed by atoms with Crippen molar-refractivity contribution >= 4 is 62.4 Å². The van der Waals surface area contributed by atoms with Crippen LogP contribution < -0.4 is 10.2 Å². The molecule has 9 heteroatoms. The molecule has 2 heterocycles. The summed E-state index contributed by atoms with van der Waals surface area (Å²) in [5.41, 5.74) is 2.53. The molecule has 1 aliphatic heterocycles. The first kappa shape index (κ1) is 23.7. The van der Waals surface area contributed by atoms with Crippen LogP contribution in [0.4, 0.5) is 16.4 Å². The van der Waals surface area contributed by atoms with Crippen molar-refractivity contribution in [2.45, 2.75) is 25.5 Å². The number of rotatable bonds is 6. The third kappa shape index (κ3) is 4.90. The van der Waals surface area contributed by atoms with Gasteiger partial charge < -0.3 is 10.1 Å². The Morgan fingerprint density at radius 3 is 2.35 bits per heavy atom. The Bertz CT molecular complexity index is 1260. The number of esters is 1. The van der Waals surface area contributed by atoms with E-state index >= 15 is 0 Å². The third-order valence-corrected chi connectivity index (χ3v) is 7.59. The smallest absolute Gasteiger partial charge is 0.341 e. The van der Waals surface area contributed by atoms with Gasteiger partial charge in [0.25, 0.3) is 0 Å². The highest BCUT2D eigenvalue weighted by molar-refractivity contribution is 8.16. The van der Waals surface area contributed by atoms with Crippen LogP contribution in [0.3, 0.4) is 0 Å². The fourth-order valence-corrected chi connectivity index (χ4v) is 5.73. The van der Waals surface area contributed by atoms with E-state index in [1.54, 1.807) is 4.90 Å². The van der Waals surface area contributed by atoms with Crippen LogP contribution in [0, 0.1) is 13.8 Å². The SMILES string of the molecule is COC(=O)c1c(NC(=O)CC2SC(=Nc3ccccc3)N(c3ccccc3)C2=O)sc(C)c1C. The number of ether oxygens (including phenoxy) is 1. The van der Waals surface area contributed by atoms with Crippen LogP contribution in [-0.2, 0) is 14.3 Å². The number of anilines is 2. The van der Waals surface area contributed by atoms with E-state index in [0.29, 0.717) is 21.4 Å². The summed E-state index contributed by atoms with van der Waals surface area (Å²) < 4.78 is 4.87. The van der Waals surface area contributed by atoms with Gasteiger partial charge in [0.1, 0.15) is 10.3 Å². The lowest BCUT2D eigenvalue weighted by molar-refractivity contribution is -0.121. The van der Waals surface area contributed by atoms with E-state index in [1.807, 2.05) is 74.5 Å². The number of nitrogens with zero attached hydrogens (tertiary/aromatic N) is 2. The minimum Gasteiger partial charge on any atom is -0.465 e. The van der Waals surface area contributed by atoms with Gasteiger partial charge in [-0.2, -0.15) is 0 Å². The van der Waals surface area contributed by atoms with Gasteiger partial charge in [-0.15, -0.1) is 11.3 Å². The van der Waals surface area contributed by atoms with Gasteiger partial charge in [-0.25, -0.2) is 9.79 Å². The summed E-state index contributed by atoms with van der Waals surface area (Å²) >= 11 is 2.57. The lowest BCUT2D eigenvalue weighted by Gasteiger charge is -2.16. The molecule has 0 radical (unpaired) electrons. The van der Waals surface area contributed by atoms with Crippen molar-refractivity contribution in [2.75, 3.05) is 17.3 Å². The van der Waals surface area contributed by atoms with E-state index in [2.05, 4.69) is 10.3 Å². The third-order valence-electron chi connectivity index (χ3n) is 5.33. The predicted molar refractivity (Wildman–Crippen MR) is 137 cm³/mol. The first-order valence-electron chi connectivity index (χ1n) is 10.6. The van der Waals surface area contributed by atoms with Gasteiger partial charge in [0.2, 0.25) is 11.8 Å². The number of carbonyl (C=O) groups is 3. The molecule has 3 aromatic rings. The number of aryl methyl sites for hydroxylation is 1. The molecule has 1 N–H and O–H groups in total. The molecule has 1 unspecified atom stereocenters. The molecule has 4 rings (SSSR count). The standard InChI is InChI=1S/C25H23N3O4S2/c1-15-16(2)33-22(21(15)24(31)32-3)27-20(29)14-19-23(30)28(18-12-8-5-9-13-18)25(34-19)26-17-10-6-4-7-11-17/h4-13,19H,14H2,1-3H3,(H,27,29). The molecule has 2 aromatic carbocycles. The highest BCUT2D eigenvalue weighted by Crippen LogP contribution is 2.36. The number of carbonyl (C=O) groups excluding carboxylic acids is 3.